The van der Waals surface area contributed by atoms with Gasteiger partial charge in [0.2, 0.25) is 0 Å². The van der Waals surface area contributed by atoms with Crippen LogP contribution in [0.4, 0.5) is 0 Å². The van der Waals surface area contributed by atoms with Crippen LogP contribution >= 0.6 is 0 Å². The van der Waals surface area contributed by atoms with Crippen molar-refractivity contribution in [3.8, 4) is 17.2 Å². The number of hydrogen-bond donors (Lipinski definition) is 0. The number of para-hydroxylation sites is 1. The van der Waals surface area contributed by atoms with E-state index < -0.39 is 0 Å². The van der Waals surface area contributed by atoms with E-state index in [1.165, 1.54) is 59.6 Å². The first kappa shape index (κ1) is 24.2. The summed E-state index contributed by atoms with van der Waals surface area (Å²) in [4.78, 5) is 19.7. The number of aryl methyl sites for hydroxylation is 1. The Balaban J connectivity index is 1.39. The van der Waals surface area contributed by atoms with E-state index in [2.05, 4.69) is 92.8 Å². The van der Waals surface area contributed by atoms with Crippen LogP contribution in [0.1, 0.15) is 12.0 Å². The fourth-order valence-corrected chi connectivity index (χ4v) is 8.03. The van der Waals surface area contributed by atoms with Crippen molar-refractivity contribution in [2.45, 2.75) is 12.8 Å². The third kappa shape index (κ3) is 3.00. The number of hydrogen-bond acceptors (Lipinski definition) is 4. The molecule has 0 saturated heterocycles. The van der Waals surface area contributed by atoms with E-state index in [4.69, 9.17) is 15.0 Å². The van der Waals surface area contributed by atoms with Crippen molar-refractivity contribution in [2.75, 3.05) is 0 Å². The predicted molar refractivity (Wildman–Crippen MR) is 186 cm³/mol. The van der Waals surface area contributed by atoms with Gasteiger partial charge < -0.3 is 4.40 Å². The minimum absolute atomic E-state index is 0.576. The Morgan fingerprint density at radius 2 is 1.39 bits per heavy atom. The summed E-state index contributed by atoms with van der Waals surface area (Å²) < 4.78 is 4.81. The van der Waals surface area contributed by atoms with E-state index in [1.54, 1.807) is 12.4 Å². The molecular weight excluding hydrogens is 564 g/mol. The van der Waals surface area contributed by atoms with E-state index in [9.17, 15) is 0 Å². The first-order valence-corrected chi connectivity index (χ1v) is 15.7. The van der Waals surface area contributed by atoms with Gasteiger partial charge in [0.1, 0.15) is 0 Å². The Labute approximate surface area is 261 Å². The minimum Gasteiger partial charge on any atom is -0.308 e. The van der Waals surface area contributed by atoms with Crippen LogP contribution < -0.4 is 5.22 Å². The maximum Gasteiger partial charge on any atom is 0.184 e. The molecule has 1 aliphatic rings. The first-order valence-electron chi connectivity index (χ1n) is 15.7. The van der Waals surface area contributed by atoms with Crippen LogP contribution in [0.3, 0.4) is 0 Å². The Hall–Kier alpha value is -6.14. The largest absolute Gasteiger partial charge is 0.308 e. The Bertz CT molecular complexity index is 2970. The molecule has 6 nitrogen and oxygen atoms in total. The van der Waals surface area contributed by atoms with Gasteiger partial charge in [0.15, 0.2) is 22.8 Å². The fourth-order valence-electron chi connectivity index (χ4n) is 8.03. The normalized spacial score (nSPS) is 13.2. The van der Waals surface area contributed by atoms with Crippen LogP contribution in [-0.4, -0.2) is 28.9 Å². The van der Waals surface area contributed by atoms with Gasteiger partial charge in [-0.2, -0.15) is 0 Å². The van der Waals surface area contributed by atoms with E-state index in [0.717, 1.165) is 35.3 Å². The summed E-state index contributed by atoms with van der Waals surface area (Å²) in [5.41, 5.74) is 9.71. The van der Waals surface area contributed by atoms with Gasteiger partial charge in [0.25, 0.3) is 0 Å². The molecule has 5 aromatic carbocycles. The van der Waals surface area contributed by atoms with Crippen LogP contribution in [0.2, 0.25) is 0 Å². The molecular formula is C40H24N6. The monoisotopic (exact) mass is 588 g/mol. The summed E-state index contributed by atoms with van der Waals surface area (Å²) in [7, 11) is 0. The SMILES string of the molecule is C1=c2c3ccccc3n3c2c(c2c4c5ccc6ccccc6c5n(-c5nc(-c6ccccc6)nc6nccnc56)c4ccc23)CC1. The number of aromatic nitrogens is 6. The molecule has 11 rings (SSSR count). The Morgan fingerprint density at radius 3 is 2.33 bits per heavy atom. The zero-order valence-electron chi connectivity index (χ0n) is 24.6. The first-order chi connectivity index (χ1) is 22.8. The minimum atomic E-state index is 0.576. The maximum atomic E-state index is 5.28. The highest BCUT2D eigenvalue weighted by Crippen LogP contribution is 2.44. The third-order valence-electron chi connectivity index (χ3n) is 9.84. The van der Waals surface area contributed by atoms with E-state index in [-0.39, 0.29) is 0 Å². The number of fused-ring (bicyclic) bond motifs is 13. The van der Waals surface area contributed by atoms with Gasteiger partial charge in [-0.1, -0.05) is 91.0 Å². The molecule has 214 valence electrons. The Morgan fingerprint density at radius 1 is 0.587 bits per heavy atom. The summed E-state index contributed by atoms with van der Waals surface area (Å²) in [6.45, 7) is 0. The van der Waals surface area contributed by atoms with Crippen molar-refractivity contribution in [3.05, 3.63) is 126 Å². The van der Waals surface area contributed by atoms with Crippen molar-refractivity contribution in [1.29, 1.82) is 0 Å². The molecule has 0 bridgehead atoms. The number of rotatable bonds is 2. The topological polar surface area (TPSA) is 60.9 Å². The molecule has 0 radical (unpaired) electrons. The molecule has 0 N–H and O–H groups in total. The molecule has 6 heteroatoms. The molecule has 46 heavy (non-hydrogen) atoms. The lowest BCUT2D eigenvalue weighted by Crippen LogP contribution is -2.05. The van der Waals surface area contributed by atoms with Gasteiger partial charge in [-0.15, -0.1) is 0 Å². The number of nitrogens with zero attached hydrogens (tertiary/aromatic N) is 6. The molecule has 0 fully saturated rings. The van der Waals surface area contributed by atoms with E-state index >= 15 is 0 Å². The zero-order chi connectivity index (χ0) is 29.9. The molecule has 0 aliphatic heterocycles. The zero-order valence-corrected chi connectivity index (χ0v) is 24.6. The van der Waals surface area contributed by atoms with Crippen molar-refractivity contribution in [1.82, 2.24) is 28.9 Å². The molecule has 10 aromatic rings. The lowest BCUT2D eigenvalue weighted by Gasteiger charge is -2.12. The third-order valence-corrected chi connectivity index (χ3v) is 9.84. The molecule has 0 saturated carbocycles. The number of benzene rings is 5. The van der Waals surface area contributed by atoms with Gasteiger partial charge in [0, 0.05) is 50.1 Å². The maximum absolute atomic E-state index is 5.28. The molecule has 0 spiro atoms. The fraction of sp³-hybridized carbons (Fsp3) is 0.0500. The standard InChI is InChI=1S/C40H24N6/c1-2-10-24(11-3-1)38-43-39-35(41-21-22-42-39)40(44-38)46-32-20-19-31-33(34(32)29-18-17-23-9-4-5-12-25(23)36(29)46)28-15-8-14-27-26-13-6-7-16-30(26)45(31)37(27)28/h1-7,9-14,16-22H,8,15H2. The van der Waals surface area contributed by atoms with Gasteiger partial charge >= 0.3 is 0 Å². The molecule has 5 aromatic heterocycles. The average molecular weight is 589 g/mol. The summed E-state index contributed by atoms with van der Waals surface area (Å²) in [6.07, 6.45) is 7.90. The highest BCUT2D eigenvalue weighted by molar-refractivity contribution is 6.28. The summed E-state index contributed by atoms with van der Waals surface area (Å²) >= 11 is 0. The molecule has 0 amide bonds. The second-order valence-electron chi connectivity index (χ2n) is 12.2. The van der Waals surface area contributed by atoms with Crippen molar-refractivity contribution >= 4 is 77.1 Å². The summed E-state index contributed by atoms with van der Waals surface area (Å²) in [5, 5.41) is 8.84. The van der Waals surface area contributed by atoms with Crippen LogP contribution in [0.15, 0.2) is 116 Å². The van der Waals surface area contributed by atoms with Crippen LogP contribution in [-0.2, 0) is 6.42 Å². The van der Waals surface area contributed by atoms with E-state index in [0.29, 0.717) is 17.0 Å². The predicted octanol–water partition coefficient (Wildman–Crippen LogP) is 8.34. The summed E-state index contributed by atoms with van der Waals surface area (Å²) in [5.74, 6) is 1.36. The molecule has 5 heterocycles. The molecule has 0 atom stereocenters. The lowest BCUT2D eigenvalue weighted by molar-refractivity contribution is 1.05. The highest BCUT2D eigenvalue weighted by atomic mass is 15.1. The summed E-state index contributed by atoms with van der Waals surface area (Å²) in [6, 6.07) is 36.7. The molecule has 1 aliphatic carbocycles. The highest BCUT2D eigenvalue weighted by Gasteiger charge is 2.26. The smallest absolute Gasteiger partial charge is 0.184 e. The van der Waals surface area contributed by atoms with Crippen molar-refractivity contribution < 1.29 is 0 Å². The van der Waals surface area contributed by atoms with Crippen LogP contribution in [0, 0.1) is 0 Å². The van der Waals surface area contributed by atoms with Gasteiger partial charge in [-0.3, -0.25) is 4.57 Å². The van der Waals surface area contributed by atoms with Crippen molar-refractivity contribution in [2.24, 2.45) is 0 Å². The quantitative estimate of drug-likeness (QED) is 0.204. The average Bonchev–Trinajstić information content (AvgIpc) is 3.77. The van der Waals surface area contributed by atoms with Gasteiger partial charge in [-0.25, -0.2) is 19.9 Å². The second kappa shape index (κ2) is 8.73. The van der Waals surface area contributed by atoms with Crippen LogP contribution in [0.5, 0.6) is 0 Å². The Kier molecular flexibility index (Phi) is 4.60. The van der Waals surface area contributed by atoms with Gasteiger partial charge in [0.05, 0.1) is 27.6 Å². The lowest BCUT2D eigenvalue weighted by atomic mass is 9.96. The molecule has 0 unspecified atom stereocenters. The van der Waals surface area contributed by atoms with Crippen LogP contribution in [0.25, 0.3) is 94.3 Å². The van der Waals surface area contributed by atoms with Crippen molar-refractivity contribution in [3.63, 3.8) is 0 Å². The second-order valence-corrected chi connectivity index (χ2v) is 12.2. The van der Waals surface area contributed by atoms with Gasteiger partial charge in [-0.05, 0) is 42.0 Å². The van der Waals surface area contributed by atoms with E-state index in [1.807, 2.05) is 30.3 Å².